The number of aliphatic hydroxyl groups excluding tert-OH is 1. The highest BCUT2D eigenvalue weighted by Crippen LogP contribution is 2.29. The largest absolute Gasteiger partial charge is 0.387 e. The smallest absolute Gasteiger partial charge is 0.325 e. The number of anilines is 1. The summed E-state index contributed by atoms with van der Waals surface area (Å²) in [5, 5.41) is 15.4. The molecule has 0 bridgehead atoms. The van der Waals surface area contributed by atoms with Crippen molar-refractivity contribution < 1.29 is 14.7 Å². The van der Waals surface area contributed by atoms with Gasteiger partial charge in [0.2, 0.25) is 0 Å². The number of amides is 4. The highest BCUT2D eigenvalue weighted by Gasteiger charge is 2.26. The van der Waals surface area contributed by atoms with E-state index in [4.69, 9.17) is 0 Å². The monoisotopic (exact) mass is 304 g/mol. The van der Waals surface area contributed by atoms with Gasteiger partial charge in [0.1, 0.15) is 0 Å². The van der Waals surface area contributed by atoms with Gasteiger partial charge in [0.15, 0.2) is 0 Å². The Bertz CT molecular complexity index is 604. The second-order valence-corrected chi connectivity index (χ2v) is 5.65. The standard InChI is InChI=1S/C15H20N4O3/c1-18-6-4-10-8-11(2-3-12(10)18)13(20)9-17-15(22)19-7-5-16-14(19)21/h2-3,8,13,20H,4-7,9H2,1H3,(H,16,21)(H,17,22). The third-order valence-corrected chi connectivity index (χ3v) is 4.16. The van der Waals surface area contributed by atoms with Gasteiger partial charge in [0.25, 0.3) is 0 Å². The zero-order valence-corrected chi connectivity index (χ0v) is 12.5. The molecule has 1 aromatic carbocycles. The molecule has 0 aliphatic carbocycles. The van der Waals surface area contributed by atoms with E-state index in [1.165, 1.54) is 11.3 Å². The number of nitrogens with one attached hydrogen (secondary N) is 2. The maximum absolute atomic E-state index is 11.9. The van der Waals surface area contributed by atoms with E-state index in [2.05, 4.69) is 15.5 Å². The van der Waals surface area contributed by atoms with E-state index in [9.17, 15) is 14.7 Å². The summed E-state index contributed by atoms with van der Waals surface area (Å²) in [5.41, 5.74) is 3.18. The molecular weight excluding hydrogens is 284 g/mol. The lowest BCUT2D eigenvalue weighted by Crippen LogP contribution is -2.43. The number of urea groups is 2. The van der Waals surface area contributed by atoms with Crippen LogP contribution in [0.15, 0.2) is 18.2 Å². The Morgan fingerprint density at radius 3 is 3.00 bits per heavy atom. The first-order chi connectivity index (χ1) is 10.6. The van der Waals surface area contributed by atoms with Crippen LogP contribution in [0.2, 0.25) is 0 Å². The summed E-state index contributed by atoms with van der Waals surface area (Å²) in [4.78, 5) is 26.5. The Morgan fingerprint density at radius 2 is 2.27 bits per heavy atom. The molecule has 2 aliphatic heterocycles. The van der Waals surface area contributed by atoms with Crippen molar-refractivity contribution in [3.8, 4) is 0 Å². The Labute approximate surface area is 128 Å². The lowest BCUT2D eigenvalue weighted by molar-refractivity contribution is 0.165. The lowest BCUT2D eigenvalue weighted by atomic mass is 10.0. The Morgan fingerprint density at radius 1 is 1.45 bits per heavy atom. The van der Waals surface area contributed by atoms with E-state index in [1.54, 1.807) is 0 Å². The minimum atomic E-state index is -0.786. The van der Waals surface area contributed by atoms with Crippen molar-refractivity contribution in [3.63, 3.8) is 0 Å². The molecule has 1 aromatic rings. The quantitative estimate of drug-likeness (QED) is 0.757. The minimum absolute atomic E-state index is 0.0806. The Hall–Kier alpha value is -2.28. The van der Waals surface area contributed by atoms with Gasteiger partial charge in [-0.3, -0.25) is 0 Å². The molecule has 0 spiro atoms. The number of nitrogens with zero attached hydrogens (tertiary/aromatic N) is 2. The number of fused-ring (bicyclic) bond motifs is 1. The maximum Gasteiger partial charge on any atom is 0.325 e. The first kappa shape index (κ1) is 14.6. The lowest BCUT2D eigenvalue weighted by Gasteiger charge is -2.17. The molecule has 3 rings (SSSR count). The molecule has 1 atom stereocenters. The number of carbonyl (C=O) groups is 2. The van der Waals surface area contributed by atoms with Crippen molar-refractivity contribution in [1.82, 2.24) is 15.5 Å². The molecule has 118 valence electrons. The van der Waals surface area contributed by atoms with Crippen LogP contribution in [-0.4, -0.2) is 55.3 Å². The predicted molar refractivity (Wildman–Crippen MR) is 81.9 cm³/mol. The van der Waals surface area contributed by atoms with Crippen molar-refractivity contribution in [1.29, 1.82) is 0 Å². The number of hydrogen-bond acceptors (Lipinski definition) is 4. The molecule has 1 unspecified atom stereocenters. The van der Waals surface area contributed by atoms with Crippen molar-refractivity contribution in [2.24, 2.45) is 0 Å². The molecule has 1 fully saturated rings. The van der Waals surface area contributed by atoms with E-state index < -0.39 is 18.2 Å². The van der Waals surface area contributed by atoms with Crippen LogP contribution in [0.4, 0.5) is 15.3 Å². The van der Waals surface area contributed by atoms with Crippen LogP contribution >= 0.6 is 0 Å². The molecule has 0 saturated carbocycles. The van der Waals surface area contributed by atoms with Gasteiger partial charge in [-0.05, 0) is 23.6 Å². The number of imide groups is 1. The SMILES string of the molecule is CN1CCc2cc(C(O)CNC(=O)N3CCNC3=O)ccc21. The van der Waals surface area contributed by atoms with Crippen LogP contribution in [0, 0.1) is 0 Å². The number of benzene rings is 1. The molecule has 3 N–H and O–H groups in total. The summed E-state index contributed by atoms with van der Waals surface area (Å²) in [6, 6.07) is 4.98. The van der Waals surface area contributed by atoms with Crippen molar-refractivity contribution in [3.05, 3.63) is 29.3 Å². The van der Waals surface area contributed by atoms with E-state index in [1.807, 2.05) is 25.2 Å². The average Bonchev–Trinajstić information content (AvgIpc) is 3.10. The summed E-state index contributed by atoms with van der Waals surface area (Å²) in [5.74, 6) is 0. The van der Waals surface area contributed by atoms with Crippen molar-refractivity contribution >= 4 is 17.7 Å². The summed E-state index contributed by atoms with van der Waals surface area (Å²) in [7, 11) is 2.04. The van der Waals surface area contributed by atoms with Crippen LogP contribution < -0.4 is 15.5 Å². The summed E-state index contributed by atoms with van der Waals surface area (Å²) in [6.45, 7) is 1.88. The van der Waals surface area contributed by atoms with Gasteiger partial charge < -0.3 is 20.6 Å². The van der Waals surface area contributed by atoms with Gasteiger partial charge in [-0.25, -0.2) is 14.5 Å². The van der Waals surface area contributed by atoms with Gasteiger partial charge in [0.05, 0.1) is 6.10 Å². The number of likely N-dealkylation sites (N-methyl/N-ethyl adjacent to an activating group) is 1. The number of hydrogen-bond donors (Lipinski definition) is 3. The minimum Gasteiger partial charge on any atom is -0.387 e. The fourth-order valence-corrected chi connectivity index (χ4v) is 2.86. The van der Waals surface area contributed by atoms with Crippen LogP contribution in [0.3, 0.4) is 0 Å². The first-order valence-electron chi connectivity index (χ1n) is 7.41. The zero-order valence-electron chi connectivity index (χ0n) is 12.5. The summed E-state index contributed by atoms with van der Waals surface area (Å²) < 4.78 is 0. The third-order valence-electron chi connectivity index (χ3n) is 4.16. The second-order valence-electron chi connectivity index (χ2n) is 5.65. The number of carbonyl (C=O) groups excluding carboxylic acids is 2. The highest BCUT2D eigenvalue weighted by molar-refractivity contribution is 5.94. The van der Waals surface area contributed by atoms with Crippen molar-refractivity contribution in [2.75, 3.05) is 38.1 Å². The molecule has 0 radical (unpaired) electrons. The Balaban J connectivity index is 1.59. The summed E-state index contributed by atoms with van der Waals surface area (Å²) >= 11 is 0. The number of aliphatic hydroxyl groups is 1. The van der Waals surface area contributed by atoms with Gasteiger partial charge in [-0.2, -0.15) is 0 Å². The molecule has 2 heterocycles. The number of rotatable bonds is 3. The average molecular weight is 304 g/mol. The zero-order chi connectivity index (χ0) is 15.7. The summed E-state index contributed by atoms with van der Waals surface area (Å²) in [6.07, 6.45) is 0.179. The van der Waals surface area contributed by atoms with E-state index >= 15 is 0 Å². The Kier molecular flexibility index (Phi) is 3.89. The van der Waals surface area contributed by atoms with E-state index in [0.29, 0.717) is 13.1 Å². The van der Waals surface area contributed by atoms with Gasteiger partial charge >= 0.3 is 12.1 Å². The van der Waals surface area contributed by atoms with Gasteiger partial charge in [0, 0.05) is 38.9 Å². The van der Waals surface area contributed by atoms with Crippen LogP contribution in [0.1, 0.15) is 17.2 Å². The fourth-order valence-electron chi connectivity index (χ4n) is 2.86. The molecular formula is C15H20N4O3. The normalized spacial score (nSPS) is 18.2. The van der Waals surface area contributed by atoms with Gasteiger partial charge in [-0.15, -0.1) is 0 Å². The molecule has 1 saturated heterocycles. The van der Waals surface area contributed by atoms with Crippen LogP contribution in [0.5, 0.6) is 0 Å². The van der Waals surface area contributed by atoms with Gasteiger partial charge in [-0.1, -0.05) is 12.1 Å². The first-order valence-corrected chi connectivity index (χ1v) is 7.41. The maximum atomic E-state index is 11.9. The fraction of sp³-hybridized carbons (Fsp3) is 0.467. The topological polar surface area (TPSA) is 84.9 Å². The highest BCUT2D eigenvalue weighted by atomic mass is 16.3. The van der Waals surface area contributed by atoms with Crippen LogP contribution in [-0.2, 0) is 6.42 Å². The van der Waals surface area contributed by atoms with Crippen LogP contribution in [0.25, 0.3) is 0 Å². The predicted octanol–water partition coefficient (Wildman–Crippen LogP) is 0.447. The molecule has 4 amide bonds. The van der Waals surface area contributed by atoms with Crippen molar-refractivity contribution in [2.45, 2.75) is 12.5 Å². The molecule has 7 nitrogen and oxygen atoms in total. The molecule has 22 heavy (non-hydrogen) atoms. The van der Waals surface area contributed by atoms with E-state index in [-0.39, 0.29) is 6.54 Å². The van der Waals surface area contributed by atoms with E-state index in [0.717, 1.165) is 23.4 Å². The third kappa shape index (κ3) is 2.71. The molecule has 7 heteroatoms. The molecule has 0 aromatic heterocycles. The second kappa shape index (κ2) is 5.84. The molecule has 2 aliphatic rings.